The molecule has 4 heteroatoms. The third-order valence-corrected chi connectivity index (χ3v) is 3.27. The average molecular weight is 255 g/mol. The first-order valence-electron chi connectivity index (χ1n) is 5.50. The molecule has 0 spiro atoms. The number of thiocarbonyl (C=S) groups is 1. The van der Waals surface area contributed by atoms with Crippen molar-refractivity contribution in [3.63, 3.8) is 0 Å². The first-order valence-corrected chi connectivity index (χ1v) is 6.28. The van der Waals surface area contributed by atoms with Crippen LogP contribution in [-0.2, 0) is 0 Å². The van der Waals surface area contributed by atoms with Crippen LogP contribution in [0, 0.1) is 5.92 Å². The first kappa shape index (κ1) is 11.7. The topological polar surface area (TPSA) is 38.0 Å². The van der Waals surface area contributed by atoms with E-state index in [1.165, 1.54) is 19.3 Å². The fourth-order valence-electron chi connectivity index (χ4n) is 1.69. The van der Waals surface area contributed by atoms with Gasteiger partial charge >= 0.3 is 0 Å². The molecule has 0 amide bonds. The van der Waals surface area contributed by atoms with Crippen molar-refractivity contribution in [1.82, 2.24) is 0 Å². The van der Waals surface area contributed by atoms with E-state index in [-0.39, 0.29) is 0 Å². The highest BCUT2D eigenvalue weighted by Crippen LogP contribution is 2.32. The fourth-order valence-corrected chi connectivity index (χ4v) is 2.03. The van der Waals surface area contributed by atoms with E-state index in [0.717, 1.165) is 23.7 Å². The molecule has 0 aromatic heterocycles. The van der Waals surface area contributed by atoms with Crippen LogP contribution in [0.1, 0.15) is 24.8 Å². The van der Waals surface area contributed by atoms with Crippen LogP contribution in [0.3, 0.4) is 0 Å². The predicted octanol–water partition coefficient (Wildman–Crippen LogP) is 3.19. The molecule has 1 fully saturated rings. The standard InChI is InChI=1S/C12H15ClN2S/c13-9-3-4-11(10(7-9)12(14)16)15-6-5-8-1-2-8/h3-4,7-8,15H,1-2,5-6H2,(H2,14,16). The Balaban J connectivity index is 2.02. The van der Waals surface area contributed by atoms with Crippen molar-refractivity contribution in [2.75, 3.05) is 11.9 Å². The predicted molar refractivity (Wildman–Crippen MR) is 73.2 cm³/mol. The minimum Gasteiger partial charge on any atom is -0.389 e. The minimum atomic E-state index is 0.386. The first-order chi connectivity index (χ1) is 7.66. The average Bonchev–Trinajstić information content (AvgIpc) is 3.04. The summed E-state index contributed by atoms with van der Waals surface area (Å²) in [7, 11) is 0. The molecular weight excluding hydrogens is 240 g/mol. The number of hydrogen-bond acceptors (Lipinski definition) is 2. The zero-order chi connectivity index (χ0) is 11.5. The number of hydrogen-bond donors (Lipinski definition) is 2. The van der Waals surface area contributed by atoms with Crippen LogP contribution in [0.25, 0.3) is 0 Å². The number of nitrogens with two attached hydrogens (primary N) is 1. The van der Waals surface area contributed by atoms with Crippen LogP contribution in [0.5, 0.6) is 0 Å². The summed E-state index contributed by atoms with van der Waals surface area (Å²) in [6.45, 7) is 0.974. The van der Waals surface area contributed by atoms with Gasteiger partial charge in [0.2, 0.25) is 0 Å². The van der Waals surface area contributed by atoms with Crippen molar-refractivity contribution in [3.05, 3.63) is 28.8 Å². The number of anilines is 1. The van der Waals surface area contributed by atoms with Gasteiger partial charge < -0.3 is 11.1 Å². The molecule has 0 aliphatic heterocycles. The molecule has 86 valence electrons. The van der Waals surface area contributed by atoms with Crippen molar-refractivity contribution in [1.29, 1.82) is 0 Å². The molecule has 0 unspecified atom stereocenters. The number of benzene rings is 1. The quantitative estimate of drug-likeness (QED) is 0.793. The van der Waals surface area contributed by atoms with Crippen LogP contribution in [0.15, 0.2) is 18.2 Å². The van der Waals surface area contributed by atoms with Crippen LogP contribution in [-0.4, -0.2) is 11.5 Å². The van der Waals surface area contributed by atoms with Gasteiger partial charge in [0, 0.05) is 22.8 Å². The van der Waals surface area contributed by atoms with Crippen LogP contribution in [0.4, 0.5) is 5.69 Å². The second-order valence-corrected chi connectivity index (χ2v) is 5.09. The van der Waals surface area contributed by atoms with Gasteiger partial charge in [0.1, 0.15) is 4.99 Å². The molecule has 1 aliphatic carbocycles. The second kappa shape index (κ2) is 5.02. The monoisotopic (exact) mass is 254 g/mol. The normalized spacial score (nSPS) is 14.8. The van der Waals surface area contributed by atoms with E-state index >= 15 is 0 Å². The van der Waals surface area contributed by atoms with Crippen molar-refractivity contribution in [2.24, 2.45) is 11.7 Å². The third-order valence-electron chi connectivity index (χ3n) is 2.81. The van der Waals surface area contributed by atoms with Crippen LogP contribution < -0.4 is 11.1 Å². The van der Waals surface area contributed by atoms with E-state index in [1.54, 1.807) is 0 Å². The molecule has 16 heavy (non-hydrogen) atoms. The summed E-state index contributed by atoms with van der Waals surface area (Å²) in [6, 6.07) is 5.59. The maximum atomic E-state index is 5.91. The lowest BCUT2D eigenvalue weighted by Gasteiger charge is -2.11. The Labute approximate surface area is 106 Å². The molecular formula is C12H15ClN2S. The highest BCUT2D eigenvalue weighted by molar-refractivity contribution is 7.80. The van der Waals surface area contributed by atoms with E-state index in [0.29, 0.717) is 10.0 Å². The number of nitrogens with one attached hydrogen (secondary N) is 1. The Hall–Kier alpha value is -0.800. The van der Waals surface area contributed by atoms with Gasteiger partial charge in [-0.15, -0.1) is 0 Å². The molecule has 0 radical (unpaired) electrons. The summed E-state index contributed by atoms with van der Waals surface area (Å²) >= 11 is 10.9. The molecule has 0 atom stereocenters. The number of halogens is 1. The molecule has 1 saturated carbocycles. The van der Waals surface area contributed by atoms with Gasteiger partial charge in [-0.1, -0.05) is 36.7 Å². The highest BCUT2D eigenvalue weighted by Gasteiger charge is 2.20. The van der Waals surface area contributed by atoms with Gasteiger partial charge in [-0.25, -0.2) is 0 Å². The number of rotatable bonds is 5. The molecule has 0 bridgehead atoms. The Bertz CT molecular complexity index is 402. The fraction of sp³-hybridized carbons (Fsp3) is 0.417. The maximum Gasteiger partial charge on any atom is 0.106 e. The molecule has 2 rings (SSSR count). The summed E-state index contributed by atoms with van der Waals surface area (Å²) in [5.41, 5.74) is 7.48. The molecule has 1 aromatic rings. The summed E-state index contributed by atoms with van der Waals surface area (Å²) in [5, 5.41) is 4.03. The van der Waals surface area contributed by atoms with Crippen molar-refractivity contribution in [3.8, 4) is 0 Å². The van der Waals surface area contributed by atoms with Crippen molar-refractivity contribution < 1.29 is 0 Å². The van der Waals surface area contributed by atoms with E-state index in [9.17, 15) is 0 Å². The Morgan fingerprint density at radius 3 is 2.88 bits per heavy atom. The van der Waals surface area contributed by atoms with E-state index in [1.807, 2.05) is 18.2 Å². The zero-order valence-electron chi connectivity index (χ0n) is 9.00. The largest absolute Gasteiger partial charge is 0.389 e. The maximum absolute atomic E-state index is 5.91. The third kappa shape index (κ3) is 3.09. The summed E-state index contributed by atoms with van der Waals surface area (Å²) in [4.78, 5) is 0.386. The second-order valence-electron chi connectivity index (χ2n) is 4.21. The zero-order valence-corrected chi connectivity index (χ0v) is 10.6. The van der Waals surface area contributed by atoms with Crippen molar-refractivity contribution in [2.45, 2.75) is 19.3 Å². The van der Waals surface area contributed by atoms with E-state index in [4.69, 9.17) is 29.6 Å². The highest BCUT2D eigenvalue weighted by atomic mass is 35.5. The van der Waals surface area contributed by atoms with Crippen LogP contribution in [0.2, 0.25) is 5.02 Å². The SMILES string of the molecule is NC(=S)c1cc(Cl)ccc1NCCC1CC1. The molecule has 0 saturated heterocycles. The summed E-state index contributed by atoms with van der Waals surface area (Å²) in [6.07, 6.45) is 3.98. The van der Waals surface area contributed by atoms with Gasteiger partial charge in [0.15, 0.2) is 0 Å². The Kier molecular flexibility index (Phi) is 3.66. The van der Waals surface area contributed by atoms with Gasteiger partial charge in [0.05, 0.1) is 0 Å². The lowest BCUT2D eigenvalue weighted by molar-refractivity contribution is 0.760. The molecule has 3 N–H and O–H groups in total. The minimum absolute atomic E-state index is 0.386. The van der Waals surface area contributed by atoms with Gasteiger partial charge in [-0.05, 0) is 30.5 Å². The lowest BCUT2D eigenvalue weighted by atomic mass is 10.1. The van der Waals surface area contributed by atoms with Gasteiger partial charge in [0.25, 0.3) is 0 Å². The van der Waals surface area contributed by atoms with E-state index < -0.39 is 0 Å². The molecule has 1 aliphatic rings. The smallest absolute Gasteiger partial charge is 0.106 e. The molecule has 0 heterocycles. The molecule has 2 nitrogen and oxygen atoms in total. The lowest BCUT2D eigenvalue weighted by Crippen LogP contribution is -2.14. The van der Waals surface area contributed by atoms with Crippen molar-refractivity contribution >= 4 is 34.5 Å². The van der Waals surface area contributed by atoms with Crippen LogP contribution >= 0.6 is 23.8 Å². The van der Waals surface area contributed by atoms with Gasteiger partial charge in [-0.2, -0.15) is 0 Å². The Morgan fingerprint density at radius 2 is 2.25 bits per heavy atom. The van der Waals surface area contributed by atoms with E-state index in [2.05, 4.69) is 5.32 Å². The Morgan fingerprint density at radius 1 is 1.50 bits per heavy atom. The summed E-state index contributed by atoms with van der Waals surface area (Å²) in [5.74, 6) is 0.924. The van der Waals surface area contributed by atoms with Gasteiger partial charge in [-0.3, -0.25) is 0 Å². The molecule has 1 aromatic carbocycles. The summed E-state index contributed by atoms with van der Waals surface area (Å²) < 4.78 is 0.